The Labute approximate surface area is 176 Å². The van der Waals surface area contributed by atoms with Crippen molar-refractivity contribution in [3.05, 3.63) is 47.9 Å². The van der Waals surface area contributed by atoms with Gasteiger partial charge in [-0.2, -0.15) is 0 Å². The van der Waals surface area contributed by atoms with Crippen molar-refractivity contribution in [2.45, 2.75) is 44.1 Å². The SMILES string of the molecule is Cc1cncc(Oc2ccc(C(=O)CN3C(=O)NC4(CCC(F)(F)CC4)C3=O)cc2)n1. The van der Waals surface area contributed by atoms with Crippen LogP contribution in [0.1, 0.15) is 41.7 Å². The Hall–Kier alpha value is -3.43. The van der Waals surface area contributed by atoms with Crippen molar-refractivity contribution in [3.63, 3.8) is 0 Å². The van der Waals surface area contributed by atoms with Gasteiger partial charge in [0.15, 0.2) is 5.78 Å². The number of aryl methyl sites for hydroxylation is 1. The van der Waals surface area contributed by atoms with Crippen LogP contribution in [-0.4, -0.2) is 50.6 Å². The summed E-state index contributed by atoms with van der Waals surface area (Å²) in [5.74, 6) is -3.17. The third-order valence-corrected chi connectivity index (χ3v) is 5.51. The van der Waals surface area contributed by atoms with E-state index in [0.29, 0.717) is 17.3 Å². The van der Waals surface area contributed by atoms with Crippen LogP contribution in [0.2, 0.25) is 0 Å². The van der Waals surface area contributed by atoms with E-state index < -0.39 is 48.6 Å². The molecule has 1 aliphatic heterocycles. The Morgan fingerprint density at radius 3 is 2.45 bits per heavy atom. The number of alkyl halides is 2. The molecule has 1 saturated carbocycles. The van der Waals surface area contributed by atoms with Crippen molar-refractivity contribution >= 4 is 17.7 Å². The molecule has 1 spiro atoms. The van der Waals surface area contributed by atoms with Crippen LogP contribution in [0.5, 0.6) is 11.6 Å². The fourth-order valence-electron chi connectivity index (χ4n) is 3.76. The average Bonchev–Trinajstić information content (AvgIpc) is 2.95. The minimum atomic E-state index is -2.84. The first-order valence-corrected chi connectivity index (χ1v) is 9.79. The summed E-state index contributed by atoms with van der Waals surface area (Å²) in [7, 11) is 0. The number of halogens is 2. The first kappa shape index (κ1) is 20.8. The highest BCUT2D eigenvalue weighted by Crippen LogP contribution is 2.41. The van der Waals surface area contributed by atoms with E-state index in [0.717, 1.165) is 4.90 Å². The van der Waals surface area contributed by atoms with E-state index >= 15 is 0 Å². The van der Waals surface area contributed by atoms with Gasteiger partial charge in [0.25, 0.3) is 5.91 Å². The molecule has 3 amide bonds. The molecule has 162 valence electrons. The van der Waals surface area contributed by atoms with Crippen molar-refractivity contribution < 1.29 is 27.9 Å². The summed E-state index contributed by atoms with van der Waals surface area (Å²) in [5.41, 5.74) is -0.372. The molecular formula is C21H20F2N4O4. The van der Waals surface area contributed by atoms with Gasteiger partial charge in [0.2, 0.25) is 11.8 Å². The van der Waals surface area contributed by atoms with Gasteiger partial charge in [0, 0.05) is 24.6 Å². The van der Waals surface area contributed by atoms with Crippen LogP contribution in [0.3, 0.4) is 0 Å². The quantitative estimate of drug-likeness (QED) is 0.577. The summed E-state index contributed by atoms with van der Waals surface area (Å²) in [5, 5.41) is 2.52. The molecule has 1 N–H and O–H groups in total. The summed E-state index contributed by atoms with van der Waals surface area (Å²) in [6, 6.07) is 5.41. The first-order chi connectivity index (χ1) is 14.7. The molecule has 4 rings (SSSR count). The van der Waals surface area contributed by atoms with Gasteiger partial charge in [0.1, 0.15) is 11.3 Å². The van der Waals surface area contributed by atoms with Crippen molar-refractivity contribution in [2.75, 3.05) is 6.54 Å². The second-order valence-corrected chi connectivity index (χ2v) is 7.81. The molecular weight excluding hydrogens is 410 g/mol. The number of amides is 3. The molecule has 0 bridgehead atoms. The number of nitrogens with zero attached hydrogens (tertiary/aromatic N) is 3. The predicted molar refractivity (Wildman–Crippen MR) is 104 cm³/mol. The number of carbonyl (C=O) groups is 3. The van der Waals surface area contributed by atoms with E-state index in [-0.39, 0.29) is 18.4 Å². The van der Waals surface area contributed by atoms with E-state index in [1.54, 1.807) is 25.3 Å². The topological polar surface area (TPSA) is 101 Å². The maximum Gasteiger partial charge on any atom is 0.325 e. The minimum Gasteiger partial charge on any atom is -0.437 e. The molecule has 31 heavy (non-hydrogen) atoms. The number of carbonyl (C=O) groups excluding carboxylic acids is 3. The average molecular weight is 430 g/mol. The number of hydrogen-bond donors (Lipinski definition) is 1. The van der Waals surface area contributed by atoms with Crippen molar-refractivity contribution in [3.8, 4) is 11.6 Å². The third-order valence-electron chi connectivity index (χ3n) is 5.51. The summed E-state index contributed by atoms with van der Waals surface area (Å²) < 4.78 is 32.5. The van der Waals surface area contributed by atoms with E-state index in [4.69, 9.17) is 4.74 Å². The minimum absolute atomic E-state index is 0.150. The van der Waals surface area contributed by atoms with Crippen LogP contribution in [-0.2, 0) is 4.79 Å². The van der Waals surface area contributed by atoms with Crippen molar-refractivity contribution in [1.29, 1.82) is 0 Å². The number of ether oxygens (including phenoxy) is 1. The molecule has 0 unspecified atom stereocenters. The zero-order valence-electron chi connectivity index (χ0n) is 16.7. The predicted octanol–water partition coefficient (Wildman–Crippen LogP) is 3.26. The van der Waals surface area contributed by atoms with Gasteiger partial charge in [0.05, 0.1) is 18.4 Å². The molecule has 2 heterocycles. The fourth-order valence-corrected chi connectivity index (χ4v) is 3.76. The fraction of sp³-hybridized carbons (Fsp3) is 0.381. The molecule has 1 aromatic heterocycles. The number of nitrogens with one attached hydrogen (secondary N) is 1. The van der Waals surface area contributed by atoms with Crippen LogP contribution in [0.4, 0.5) is 13.6 Å². The Bertz CT molecular complexity index is 1030. The zero-order valence-corrected chi connectivity index (χ0v) is 16.7. The molecule has 1 saturated heterocycles. The van der Waals surface area contributed by atoms with Crippen LogP contribution >= 0.6 is 0 Å². The Balaban J connectivity index is 1.41. The second kappa shape index (κ2) is 7.68. The highest BCUT2D eigenvalue weighted by atomic mass is 19.3. The Morgan fingerprint density at radius 1 is 1.13 bits per heavy atom. The van der Waals surface area contributed by atoms with Gasteiger partial charge in [-0.15, -0.1) is 0 Å². The van der Waals surface area contributed by atoms with Gasteiger partial charge < -0.3 is 10.1 Å². The van der Waals surface area contributed by atoms with Gasteiger partial charge in [-0.1, -0.05) is 0 Å². The van der Waals surface area contributed by atoms with Gasteiger partial charge in [-0.25, -0.2) is 18.6 Å². The zero-order chi connectivity index (χ0) is 22.2. The lowest BCUT2D eigenvalue weighted by atomic mass is 9.80. The molecule has 2 aliphatic rings. The lowest BCUT2D eigenvalue weighted by molar-refractivity contribution is -0.135. The Morgan fingerprint density at radius 2 is 1.81 bits per heavy atom. The number of ketones is 1. The van der Waals surface area contributed by atoms with Crippen molar-refractivity contribution in [2.24, 2.45) is 0 Å². The molecule has 10 heteroatoms. The maximum absolute atomic E-state index is 13.5. The third kappa shape index (κ3) is 4.23. The van der Waals surface area contributed by atoms with E-state index in [1.807, 2.05) is 0 Å². The van der Waals surface area contributed by atoms with Gasteiger partial charge >= 0.3 is 6.03 Å². The molecule has 0 atom stereocenters. The van der Waals surface area contributed by atoms with Crippen LogP contribution < -0.4 is 10.1 Å². The lowest BCUT2D eigenvalue weighted by Crippen LogP contribution is -2.51. The summed E-state index contributed by atoms with van der Waals surface area (Å²) in [6.07, 6.45) is 1.79. The Kier molecular flexibility index (Phi) is 5.16. The number of hydrogen-bond acceptors (Lipinski definition) is 6. The number of aromatic nitrogens is 2. The highest BCUT2D eigenvalue weighted by Gasteiger charge is 2.55. The number of urea groups is 1. The van der Waals surface area contributed by atoms with Crippen LogP contribution in [0, 0.1) is 6.92 Å². The summed E-state index contributed by atoms with van der Waals surface area (Å²) in [4.78, 5) is 46.6. The monoisotopic (exact) mass is 430 g/mol. The largest absolute Gasteiger partial charge is 0.437 e. The van der Waals surface area contributed by atoms with Crippen LogP contribution in [0.25, 0.3) is 0 Å². The summed E-state index contributed by atoms with van der Waals surface area (Å²) >= 11 is 0. The molecule has 1 aromatic carbocycles. The number of Topliss-reactive ketones (excluding diaryl/α,β-unsaturated/α-hetero) is 1. The number of benzene rings is 1. The van der Waals surface area contributed by atoms with Crippen molar-refractivity contribution in [1.82, 2.24) is 20.2 Å². The second-order valence-electron chi connectivity index (χ2n) is 7.81. The molecule has 2 aromatic rings. The van der Waals surface area contributed by atoms with E-state index in [1.165, 1.54) is 18.3 Å². The van der Waals surface area contributed by atoms with Crippen LogP contribution in [0.15, 0.2) is 36.7 Å². The number of rotatable bonds is 5. The molecule has 8 nitrogen and oxygen atoms in total. The smallest absolute Gasteiger partial charge is 0.325 e. The normalized spacial score (nSPS) is 19.4. The summed E-state index contributed by atoms with van der Waals surface area (Å²) in [6.45, 7) is 1.31. The van der Waals surface area contributed by atoms with E-state index in [2.05, 4.69) is 15.3 Å². The number of imide groups is 1. The molecule has 2 fully saturated rings. The van der Waals surface area contributed by atoms with Gasteiger partial charge in [-0.05, 0) is 44.0 Å². The highest BCUT2D eigenvalue weighted by molar-refractivity contribution is 6.11. The molecule has 1 aliphatic carbocycles. The lowest BCUT2D eigenvalue weighted by Gasteiger charge is -2.34. The standard InChI is InChI=1S/C21H20F2N4O4/c1-13-10-24-11-17(25-13)31-15-4-2-14(3-5-15)16(28)12-27-18(29)20(26-19(27)30)6-8-21(22,23)9-7-20/h2-5,10-11H,6-9,12H2,1H3,(H,26,30). The molecule has 0 radical (unpaired) electrons. The van der Waals surface area contributed by atoms with Gasteiger partial charge in [-0.3, -0.25) is 19.5 Å². The first-order valence-electron chi connectivity index (χ1n) is 9.79. The van der Waals surface area contributed by atoms with E-state index in [9.17, 15) is 23.2 Å². The maximum atomic E-state index is 13.5.